The molecule has 0 saturated carbocycles. The first kappa shape index (κ1) is 18.1. The number of carbonyl (C=O) groups is 1. The summed E-state index contributed by atoms with van der Waals surface area (Å²) in [6.45, 7) is 10.0. The van der Waals surface area contributed by atoms with E-state index in [1.165, 1.54) is 0 Å². The Balaban J connectivity index is 2.37. The Morgan fingerprint density at radius 1 is 1.24 bits per heavy atom. The van der Waals surface area contributed by atoms with Gasteiger partial charge in [-0.3, -0.25) is 0 Å². The van der Waals surface area contributed by atoms with Crippen LogP contribution in [-0.2, 0) is 4.74 Å². The number of ether oxygens (including phenoxy) is 1. The van der Waals surface area contributed by atoms with Crippen LogP contribution >= 0.6 is 11.8 Å². The minimum Gasteiger partial charge on any atom is -0.462 e. The van der Waals surface area contributed by atoms with Crippen LogP contribution in [0.5, 0.6) is 0 Å². The van der Waals surface area contributed by atoms with E-state index < -0.39 is 0 Å². The second kappa shape index (κ2) is 10.7. The van der Waals surface area contributed by atoms with Crippen LogP contribution < -0.4 is 0 Å². The number of benzene rings is 1. The smallest absolute Gasteiger partial charge is 0.338 e. The van der Waals surface area contributed by atoms with Crippen LogP contribution in [0.15, 0.2) is 29.2 Å². The molecular weight excluding hydrogens is 282 g/mol. The molecule has 0 atom stereocenters. The van der Waals surface area contributed by atoms with E-state index in [1.807, 2.05) is 24.3 Å². The molecule has 0 aromatic heterocycles. The number of hydrogen-bond acceptors (Lipinski definition) is 4. The third-order valence-corrected chi connectivity index (χ3v) is 4.49. The summed E-state index contributed by atoms with van der Waals surface area (Å²) in [5, 5.41) is 0. The van der Waals surface area contributed by atoms with Gasteiger partial charge in [-0.25, -0.2) is 4.79 Å². The van der Waals surface area contributed by atoms with E-state index in [-0.39, 0.29) is 5.97 Å². The van der Waals surface area contributed by atoms with Crippen molar-refractivity contribution in [1.82, 2.24) is 4.90 Å². The van der Waals surface area contributed by atoms with Gasteiger partial charge in [0.05, 0.1) is 12.2 Å². The van der Waals surface area contributed by atoms with Crippen molar-refractivity contribution in [2.45, 2.75) is 38.5 Å². The van der Waals surface area contributed by atoms with Crippen molar-refractivity contribution in [3.05, 3.63) is 29.8 Å². The topological polar surface area (TPSA) is 29.5 Å². The van der Waals surface area contributed by atoms with Crippen molar-refractivity contribution in [2.75, 3.05) is 32.0 Å². The van der Waals surface area contributed by atoms with Crippen molar-refractivity contribution in [3.8, 4) is 0 Å². The summed E-state index contributed by atoms with van der Waals surface area (Å²) in [7, 11) is 0. The molecule has 1 aromatic carbocycles. The van der Waals surface area contributed by atoms with Gasteiger partial charge >= 0.3 is 5.97 Å². The van der Waals surface area contributed by atoms with Crippen LogP contribution in [-0.4, -0.2) is 42.9 Å². The zero-order valence-electron chi connectivity index (χ0n) is 13.4. The van der Waals surface area contributed by atoms with Crippen LogP contribution in [0, 0.1) is 0 Å². The molecule has 0 saturated heterocycles. The number of esters is 1. The molecule has 4 heteroatoms. The molecule has 0 unspecified atom stereocenters. The van der Waals surface area contributed by atoms with Gasteiger partial charge in [-0.2, -0.15) is 0 Å². The first-order chi connectivity index (χ1) is 10.2. The highest BCUT2D eigenvalue weighted by molar-refractivity contribution is 7.99. The third kappa shape index (κ3) is 7.00. The molecule has 0 heterocycles. The number of thioether (sulfide) groups is 1. The summed E-state index contributed by atoms with van der Waals surface area (Å²) in [5.74, 6) is 0.857. The largest absolute Gasteiger partial charge is 0.462 e. The molecule has 0 aliphatic heterocycles. The molecule has 0 N–H and O–H groups in total. The van der Waals surface area contributed by atoms with Crippen molar-refractivity contribution >= 4 is 17.7 Å². The zero-order chi connectivity index (χ0) is 15.5. The lowest BCUT2D eigenvalue weighted by Gasteiger charge is -2.17. The molecule has 21 heavy (non-hydrogen) atoms. The molecule has 1 rings (SSSR count). The fourth-order valence-corrected chi connectivity index (χ4v) is 2.83. The highest BCUT2D eigenvalue weighted by Gasteiger charge is 2.08. The maximum Gasteiger partial charge on any atom is 0.338 e. The maximum atomic E-state index is 12.0. The van der Waals surface area contributed by atoms with Crippen molar-refractivity contribution < 1.29 is 9.53 Å². The zero-order valence-corrected chi connectivity index (χ0v) is 14.2. The molecule has 1 aromatic rings. The Hall–Kier alpha value is -1.00. The number of rotatable bonds is 10. The molecule has 0 aliphatic carbocycles. The summed E-state index contributed by atoms with van der Waals surface area (Å²) >= 11 is 1.78. The highest BCUT2D eigenvalue weighted by Crippen LogP contribution is 2.20. The van der Waals surface area contributed by atoms with E-state index in [9.17, 15) is 4.79 Å². The van der Waals surface area contributed by atoms with Gasteiger partial charge < -0.3 is 9.64 Å². The van der Waals surface area contributed by atoms with E-state index in [1.54, 1.807) is 11.8 Å². The van der Waals surface area contributed by atoms with Crippen LogP contribution in [0.25, 0.3) is 0 Å². The van der Waals surface area contributed by atoms with Gasteiger partial charge in [0.15, 0.2) is 0 Å². The van der Waals surface area contributed by atoms with Gasteiger partial charge in [0.1, 0.15) is 0 Å². The lowest BCUT2D eigenvalue weighted by molar-refractivity contribution is 0.0489. The van der Waals surface area contributed by atoms with Crippen molar-refractivity contribution in [1.29, 1.82) is 0 Å². The Kier molecular flexibility index (Phi) is 9.19. The summed E-state index contributed by atoms with van der Waals surface area (Å²) < 4.78 is 5.35. The molecule has 118 valence electrons. The highest BCUT2D eigenvalue weighted by atomic mass is 32.2. The predicted molar refractivity (Wildman–Crippen MR) is 90.1 cm³/mol. The molecule has 0 spiro atoms. The monoisotopic (exact) mass is 309 g/mol. The molecule has 0 aliphatic rings. The summed E-state index contributed by atoms with van der Waals surface area (Å²) in [6.07, 6.45) is 2.02. The molecule has 0 radical (unpaired) electrons. The summed E-state index contributed by atoms with van der Waals surface area (Å²) in [6, 6.07) is 7.71. The SMILES string of the molecule is CCCSc1cccc(C(=O)OCCCN(CC)CC)c1. The second-order valence-corrected chi connectivity index (χ2v) is 6.06. The Morgan fingerprint density at radius 3 is 2.67 bits per heavy atom. The predicted octanol–water partition coefficient (Wildman–Crippen LogP) is 4.08. The first-order valence-corrected chi connectivity index (χ1v) is 8.82. The normalized spacial score (nSPS) is 10.9. The number of hydrogen-bond donors (Lipinski definition) is 0. The van der Waals surface area contributed by atoms with E-state index in [0.29, 0.717) is 12.2 Å². The van der Waals surface area contributed by atoms with Crippen LogP contribution in [0.1, 0.15) is 44.0 Å². The fraction of sp³-hybridized carbons (Fsp3) is 0.588. The average Bonchev–Trinajstić information content (AvgIpc) is 2.53. The van der Waals surface area contributed by atoms with Crippen LogP contribution in [0.2, 0.25) is 0 Å². The Bertz CT molecular complexity index is 419. The van der Waals surface area contributed by atoms with Gasteiger partial charge in [0.25, 0.3) is 0 Å². The number of nitrogens with zero attached hydrogens (tertiary/aromatic N) is 1. The third-order valence-electron chi connectivity index (χ3n) is 3.29. The first-order valence-electron chi connectivity index (χ1n) is 7.83. The fourth-order valence-electron chi connectivity index (χ4n) is 2.01. The van der Waals surface area contributed by atoms with Crippen molar-refractivity contribution in [2.24, 2.45) is 0 Å². The Morgan fingerprint density at radius 2 is 2.00 bits per heavy atom. The van der Waals surface area contributed by atoms with Gasteiger partial charge in [-0.1, -0.05) is 26.8 Å². The average molecular weight is 309 g/mol. The van der Waals surface area contributed by atoms with E-state index in [4.69, 9.17) is 4.74 Å². The molecular formula is C17H27NO2S. The quantitative estimate of drug-likeness (QED) is 0.370. The van der Waals surface area contributed by atoms with E-state index in [0.717, 1.165) is 43.1 Å². The summed E-state index contributed by atoms with van der Waals surface area (Å²) in [4.78, 5) is 15.5. The Labute approximate surface area is 133 Å². The standard InChI is InChI=1S/C17H27NO2S/c1-4-13-21-16-10-7-9-15(14-16)17(19)20-12-8-11-18(5-2)6-3/h7,9-10,14H,4-6,8,11-13H2,1-3H3. The second-order valence-electron chi connectivity index (χ2n) is 4.89. The molecule has 0 amide bonds. The van der Waals surface area contributed by atoms with Crippen molar-refractivity contribution in [3.63, 3.8) is 0 Å². The van der Waals surface area contributed by atoms with E-state index in [2.05, 4.69) is 25.7 Å². The van der Waals surface area contributed by atoms with Gasteiger partial charge in [-0.15, -0.1) is 11.8 Å². The van der Waals surface area contributed by atoms with Gasteiger partial charge in [-0.05, 0) is 49.9 Å². The molecule has 3 nitrogen and oxygen atoms in total. The number of carbonyl (C=O) groups excluding carboxylic acids is 1. The van der Waals surface area contributed by atoms with E-state index >= 15 is 0 Å². The molecule has 0 fully saturated rings. The van der Waals surface area contributed by atoms with Crippen LogP contribution in [0.4, 0.5) is 0 Å². The summed E-state index contributed by atoms with van der Waals surface area (Å²) in [5.41, 5.74) is 0.652. The lowest BCUT2D eigenvalue weighted by Crippen LogP contribution is -2.25. The maximum absolute atomic E-state index is 12.0. The molecule has 0 bridgehead atoms. The van der Waals surface area contributed by atoms with Gasteiger partial charge in [0.2, 0.25) is 0 Å². The minimum absolute atomic E-state index is 0.214. The lowest BCUT2D eigenvalue weighted by atomic mass is 10.2. The van der Waals surface area contributed by atoms with Crippen LogP contribution in [0.3, 0.4) is 0 Å². The minimum atomic E-state index is -0.214. The van der Waals surface area contributed by atoms with Gasteiger partial charge in [0, 0.05) is 11.4 Å².